The van der Waals surface area contributed by atoms with Crippen molar-refractivity contribution in [2.75, 3.05) is 45.8 Å². The average molecular weight is 1040 g/mol. The highest BCUT2D eigenvalue weighted by Crippen LogP contribution is 2.12. The second-order valence-corrected chi connectivity index (χ2v) is 17.2. The van der Waals surface area contributed by atoms with Crippen LogP contribution in [0, 0.1) is 0 Å². The standard InChI is InChI=1S/C42H84N24O7/c43-17-3-1-10-24-31(67)62-28(14-7-21-57-40(49)50)35(71)64-26(12-5-19-55-38(45)46)33(69)60-25(11-2-4-18-44)32(68)63-29(15-8-22-58-41(51)52)36(72)66-30(16-9-23-59-42(53)54)37(73)65-27(34(70)61-24)13-6-20-56-39(47)48/h24-30H,1-23,43-44H2,(H,60,69)(H,61,70)(H,62,67)(H,63,68)(H,64,71)(H,65,73)(H,66,72)(H4,45,46,55)(H4,47,48,56)(H4,49,50,57)(H4,51,52,58)(H4,53,54,59)/t24-,25-,26-,27-,28-,29-,30-/m0/s1. The maximum atomic E-state index is 14.4. The summed E-state index contributed by atoms with van der Waals surface area (Å²) in [5, 5.41) is 19.0. The third-order valence-electron chi connectivity index (χ3n) is 11.1. The Morgan fingerprint density at radius 3 is 0.562 bits per heavy atom. The fourth-order valence-electron chi connectivity index (χ4n) is 7.29. The molecule has 0 aromatic rings. The number of carbonyl (C=O) groups excluding carboxylic acids is 7. The molecule has 414 valence electrons. The molecule has 31 N–H and O–H groups in total. The molecule has 73 heavy (non-hydrogen) atoms. The highest BCUT2D eigenvalue weighted by atomic mass is 16.2. The average Bonchev–Trinajstić information content (AvgIpc) is 3.31. The molecule has 0 aromatic carbocycles. The first-order chi connectivity index (χ1) is 34.7. The van der Waals surface area contributed by atoms with Crippen molar-refractivity contribution in [2.24, 2.45) is 93.8 Å². The van der Waals surface area contributed by atoms with Gasteiger partial charge in [0.15, 0.2) is 29.8 Å². The molecule has 31 heteroatoms. The highest BCUT2D eigenvalue weighted by Gasteiger charge is 2.35. The molecule has 1 fully saturated rings. The summed E-state index contributed by atoms with van der Waals surface area (Å²) in [6.07, 6.45) is 2.24. The summed E-state index contributed by atoms with van der Waals surface area (Å²) in [6, 6.07) is -9.33. The molecule has 1 rings (SSSR count). The van der Waals surface area contributed by atoms with E-state index in [1.807, 2.05) is 0 Å². The fourth-order valence-corrected chi connectivity index (χ4v) is 7.29. The number of unbranched alkanes of at least 4 members (excludes halogenated alkanes) is 2. The van der Waals surface area contributed by atoms with Crippen LogP contribution in [0.2, 0.25) is 0 Å². The molecule has 31 nitrogen and oxygen atoms in total. The van der Waals surface area contributed by atoms with Crippen molar-refractivity contribution in [3.05, 3.63) is 0 Å². The number of nitrogens with one attached hydrogen (secondary N) is 7. The summed E-state index contributed by atoms with van der Waals surface area (Å²) in [6.45, 7) is 0.799. The van der Waals surface area contributed by atoms with Gasteiger partial charge in [-0.2, -0.15) is 0 Å². The van der Waals surface area contributed by atoms with E-state index in [0.29, 0.717) is 25.7 Å². The number of rotatable bonds is 28. The Balaban J connectivity index is 4.17. The van der Waals surface area contributed by atoms with E-state index in [0.717, 1.165) is 0 Å². The van der Waals surface area contributed by atoms with Gasteiger partial charge in [-0.25, -0.2) is 0 Å². The van der Waals surface area contributed by atoms with Crippen molar-refractivity contribution in [1.82, 2.24) is 37.2 Å². The zero-order valence-corrected chi connectivity index (χ0v) is 41.8. The van der Waals surface area contributed by atoms with Gasteiger partial charge in [0, 0.05) is 32.7 Å². The molecule has 1 heterocycles. The van der Waals surface area contributed by atoms with Gasteiger partial charge in [0.05, 0.1) is 0 Å². The number of carbonyl (C=O) groups is 7. The van der Waals surface area contributed by atoms with Crippen LogP contribution in [0.5, 0.6) is 0 Å². The second kappa shape index (κ2) is 36.5. The first-order valence-corrected chi connectivity index (χ1v) is 24.5. The lowest BCUT2D eigenvalue weighted by Crippen LogP contribution is -2.59. The third kappa shape index (κ3) is 28.9. The Morgan fingerprint density at radius 1 is 0.274 bits per heavy atom. The number of hydrogen-bond donors (Lipinski definition) is 19. The Labute approximate surface area is 425 Å². The van der Waals surface area contributed by atoms with Gasteiger partial charge in [-0.3, -0.25) is 58.5 Å². The molecular weight excluding hydrogens is 953 g/mol. The topological polar surface area (TPSA) is 578 Å². The molecule has 0 bridgehead atoms. The lowest BCUT2D eigenvalue weighted by Gasteiger charge is -2.27. The van der Waals surface area contributed by atoms with Gasteiger partial charge in [0.1, 0.15) is 42.3 Å². The second-order valence-electron chi connectivity index (χ2n) is 17.2. The van der Waals surface area contributed by atoms with Crippen molar-refractivity contribution >= 4 is 71.1 Å². The van der Waals surface area contributed by atoms with Crippen LogP contribution in [0.3, 0.4) is 0 Å². The van der Waals surface area contributed by atoms with E-state index >= 15 is 0 Å². The van der Waals surface area contributed by atoms with E-state index in [1.165, 1.54) is 0 Å². The van der Waals surface area contributed by atoms with Crippen LogP contribution in [0.15, 0.2) is 25.0 Å². The maximum absolute atomic E-state index is 14.4. The molecule has 1 aliphatic rings. The van der Waals surface area contributed by atoms with Gasteiger partial charge in [-0.1, -0.05) is 0 Å². The number of hydrogen-bond acceptors (Lipinski definition) is 14. The quantitative estimate of drug-likeness (QED) is 0.0197. The monoisotopic (exact) mass is 1040 g/mol. The minimum atomic E-state index is -1.36. The van der Waals surface area contributed by atoms with Crippen LogP contribution in [0.4, 0.5) is 0 Å². The van der Waals surface area contributed by atoms with Crippen LogP contribution < -0.4 is 106 Å². The Bertz CT molecular complexity index is 1840. The first kappa shape index (κ1) is 63.6. The number of guanidine groups is 5. The summed E-state index contributed by atoms with van der Waals surface area (Å²) >= 11 is 0. The van der Waals surface area contributed by atoms with Gasteiger partial charge < -0.3 is 106 Å². The molecule has 7 atom stereocenters. The summed E-state index contributed by atoms with van der Waals surface area (Å²) in [4.78, 5) is 120. The number of amides is 7. The predicted octanol–water partition coefficient (Wildman–Crippen LogP) is -8.08. The normalized spacial score (nSPS) is 21.5. The molecule has 0 saturated carbocycles. The van der Waals surface area contributed by atoms with E-state index in [1.54, 1.807) is 0 Å². The summed E-state index contributed by atoms with van der Waals surface area (Å²) in [7, 11) is 0. The van der Waals surface area contributed by atoms with Crippen LogP contribution >= 0.6 is 0 Å². The molecule has 0 aromatic heterocycles. The zero-order valence-electron chi connectivity index (χ0n) is 41.8. The molecule has 7 amide bonds. The molecule has 1 saturated heterocycles. The van der Waals surface area contributed by atoms with E-state index in [2.05, 4.69) is 62.2 Å². The Morgan fingerprint density at radius 2 is 0.425 bits per heavy atom. The van der Waals surface area contributed by atoms with Gasteiger partial charge in [0.2, 0.25) is 41.4 Å². The van der Waals surface area contributed by atoms with Crippen molar-refractivity contribution in [2.45, 2.75) is 145 Å². The van der Waals surface area contributed by atoms with Gasteiger partial charge in [-0.05, 0) is 116 Å². The first-order valence-electron chi connectivity index (χ1n) is 24.5. The van der Waals surface area contributed by atoms with Crippen molar-refractivity contribution in [3.8, 4) is 0 Å². The van der Waals surface area contributed by atoms with Crippen LogP contribution in [-0.2, 0) is 33.6 Å². The number of nitrogens with two attached hydrogens (primary N) is 12. The maximum Gasteiger partial charge on any atom is 0.243 e. The van der Waals surface area contributed by atoms with Crippen molar-refractivity contribution in [1.29, 1.82) is 0 Å². The molecule has 0 radical (unpaired) electrons. The van der Waals surface area contributed by atoms with E-state index in [9.17, 15) is 33.6 Å². The minimum absolute atomic E-state index is 0.0439. The molecule has 1 aliphatic heterocycles. The zero-order chi connectivity index (χ0) is 54.7. The number of aliphatic imine (C=N–C) groups is 5. The van der Waals surface area contributed by atoms with Gasteiger partial charge in [0.25, 0.3) is 0 Å². The smallest absolute Gasteiger partial charge is 0.243 e. The largest absolute Gasteiger partial charge is 0.370 e. The lowest BCUT2D eigenvalue weighted by atomic mass is 10.0. The molecule has 0 aliphatic carbocycles. The minimum Gasteiger partial charge on any atom is -0.370 e. The van der Waals surface area contributed by atoms with Gasteiger partial charge >= 0.3 is 0 Å². The Hall–Kier alpha value is -7.44. The predicted molar refractivity (Wildman–Crippen MR) is 279 cm³/mol. The van der Waals surface area contributed by atoms with E-state index in [4.69, 9.17) is 68.8 Å². The van der Waals surface area contributed by atoms with Crippen molar-refractivity contribution in [3.63, 3.8) is 0 Å². The summed E-state index contributed by atoms with van der Waals surface area (Å²) < 4.78 is 0. The van der Waals surface area contributed by atoms with Gasteiger partial charge in [-0.15, -0.1) is 0 Å². The summed E-state index contributed by atoms with van der Waals surface area (Å²) in [5.74, 6) is -6.69. The highest BCUT2D eigenvalue weighted by molar-refractivity contribution is 5.98. The molecular formula is C42H84N24O7. The van der Waals surface area contributed by atoms with E-state index in [-0.39, 0.29) is 153 Å². The van der Waals surface area contributed by atoms with E-state index < -0.39 is 83.6 Å². The van der Waals surface area contributed by atoms with Crippen molar-refractivity contribution < 1.29 is 33.6 Å². The molecule has 0 unspecified atom stereocenters. The van der Waals surface area contributed by atoms with Crippen LogP contribution in [0.25, 0.3) is 0 Å². The van der Waals surface area contributed by atoms with Crippen LogP contribution in [0.1, 0.15) is 103 Å². The molecule has 0 spiro atoms. The number of nitrogens with zero attached hydrogens (tertiary/aromatic N) is 5. The summed E-state index contributed by atoms with van der Waals surface area (Å²) in [5.41, 5.74) is 67.0. The Kier molecular flexibility index (Phi) is 31.8. The van der Waals surface area contributed by atoms with Crippen LogP contribution in [-0.4, -0.2) is 159 Å². The fraction of sp³-hybridized carbons (Fsp3) is 0.714. The SMILES string of the molecule is NCCCC[C@@H]1NC(=O)[C@H](CCCN=C(N)N)NC(=O)[C@H](CCCN=C(N)N)NC(=O)[C@H](CCCCN)NC(=O)[C@H](CCCN=C(N)N)NC(=O)[C@H](CCCN=C(N)N)NC(=O)[C@H](CCCN=C(N)N)NC1=O. The lowest BCUT2D eigenvalue weighted by molar-refractivity contribution is -0.135. The third-order valence-corrected chi connectivity index (χ3v) is 11.1.